The number of nitrogens with one attached hydrogen (secondary N) is 2. The number of ether oxygens (including phenoxy) is 1. The molecule has 0 aliphatic rings. The summed E-state index contributed by atoms with van der Waals surface area (Å²) in [7, 11) is 0. The van der Waals surface area contributed by atoms with Crippen LogP contribution in [0.4, 0.5) is 19.0 Å². The van der Waals surface area contributed by atoms with Gasteiger partial charge in [0.15, 0.2) is 11.5 Å². The second-order valence-corrected chi connectivity index (χ2v) is 5.64. The Balaban J connectivity index is 1.69. The lowest BCUT2D eigenvalue weighted by atomic mass is 10.3. The van der Waals surface area contributed by atoms with Gasteiger partial charge in [0, 0.05) is 4.47 Å². The van der Waals surface area contributed by atoms with Gasteiger partial charge in [0.1, 0.15) is 17.9 Å². The lowest BCUT2D eigenvalue weighted by Crippen LogP contribution is -2.16. The number of fused-ring (bicyclic) bond motifs is 1. The number of hydrogen-bond acceptors (Lipinski definition) is 5. The van der Waals surface area contributed by atoms with Crippen molar-refractivity contribution >= 4 is 32.9 Å². The summed E-state index contributed by atoms with van der Waals surface area (Å²) >= 11 is 3.33. The van der Waals surface area contributed by atoms with Gasteiger partial charge in [-0.1, -0.05) is 22.0 Å². The Kier molecular flexibility index (Phi) is 4.56. The second-order valence-electron chi connectivity index (χ2n) is 4.73. The summed E-state index contributed by atoms with van der Waals surface area (Å²) in [5.74, 6) is -0.559. The Morgan fingerprint density at radius 3 is 2.83 bits per heavy atom. The van der Waals surface area contributed by atoms with Crippen molar-refractivity contribution in [3.05, 3.63) is 40.9 Å². The molecule has 0 atom stereocenters. The Bertz CT molecular complexity index is 852. The van der Waals surface area contributed by atoms with Crippen molar-refractivity contribution in [2.45, 2.75) is 6.18 Å². The third-order valence-electron chi connectivity index (χ3n) is 3.00. The molecule has 0 fully saturated rings. The quantitative estimate of drug-likeness (QED) is 0.638. The largest absolute Gasteiger partial charge is 0.492 e. The molecule has 0 aliphatic carbocycles. The number of alkyl halides is 3. The van der Waals surface area contributed by atoms with Crippen LogP contribution in [0.25, 0.3) is 11.2 Å². The summed E-state index contributed by atoms with van der Waals surface area (Å²) in [5, 5.41) is 2.81. The molecule has 2 N–H and O–H groups in total. The highest BCUT2D eigenvalue weighted by Crippen LogP contribution is 2.29. The van der Waals surface area contributed by atoms with Crippen LogP contribution in [0.15, 0.2) is 35.1 Å². The van der Waals surface area contributed by atoms with Gasteiger partial charge in [0.2, 0.25) is 5.82 Å². The molecule has 0 unspecified atom stereocenters. The molecule has 0 amide bonds. The molecule has 2 aromatic heterocycles. The Morgan fingerprint density at radius 2 is 2.08 bits per heavy atom. The van der Waals surface area contributed by atoms with E-state index >= 15 is 0 Å². The van der Waals surface area contributed by atoms with Gasteiger partial charge in [-0.2, -0.15) is 13.2 Å². The molecule has 3 rings (SSSR count). The van der Waals surface area contributed by atoms with E-state index in [1.165, 1.54) is 6.33 Å². The van der Waals surface area contributed by atoms with Gasteiger partial charge in [-0.25, -0.2) is 15.0 Å². The zero-order valence-corrected chi connectivity index (χ0v) is 13.6. The van der Waals surface area contributed by atoms with E-state index in [0.29, 0.717) is 11.3 Å². The summed E-state index contributed by atoms with van der Waals surface area (Å²) in [6, 6.07) is 7.25. The van der Waals surface area contributed by atoms with E-state index in [1.54, 1.807) is 12.1 Å². The third kappa shape index (κ3) is 3.75. The number of imidazole rings is 1. The van der Waals surface area contributed by atoms with Gasteiger partial charge < -0.3 is 15.0 Å². The second kappa shape index (κ2) is 6.63. The number of benzene rings is 1. The monoisotopic (exact) mass is 401 g/mol. The van der Waals surface area contributed by atoms with Gasteiger partial charge in [0.05, 0.1) is 12.9 Å². The first-order valence-electron chi connectivity index (χ1n) is 6.84. The number of halogens is 4. The Labute approximate surface area is 142 Å². The topological polar surface area (TPSA) is 75.7 Å². The average molecular weight is 402 g/mol. The minimum atomic E-state index is -4.64. The minimum absolute atomic E-state index is 0.0302. The summed E-state index contributed by atoms with van der Waals surface area (Å²) in [4.78, 5) is 13.4. The van der Waals surface area contributed by atoms with E-state index < -0.39 is 12.0 Å². The number of nitrogens with zero attached hydrogens (tertiary/aromatic N) is 3. The lowest BCUT2D eigenvalue weighted by Gasteiger charge is -2.11. The van der Waals surface area contributed by atoms with Gasteiger partial charge in [-0.05, 0) is 18.2 Å². The van der Waals surface area contributed by atoms with E-state index in [4.69, 9.17) is 4.74 Å². The molecule has 10 heteroatoms. The maximum atomic E-state index is 12.8. The maximum absolute atomic E-state index is 12.8. The summed E-state index contributed by atoms with van der Waals surface area (Å²) in [6.45, 7) is 0.506. The fourth-order valence-electron chi connectivity index (χ4n) is 1.98. The van der Waals surface area contributed by atoms with Gasteiger partial charge in [-0.15, -0.1) is 0 Å². The molecule has 126 valence electrons. The molecule has 0 bridgehead atoms. The van der Waals surface area contributed by atoms with Crippen LogP contribution in [0.3, 0.4) is 0 Å². The zero-order valence-electron chi connectivity index (χ0n) is 12.1. The molecule has 0 saturated heterocycles. The van der Waals surface area contributed by atoms with Crippen molar-refractivity contribution in [2.75, 3.05) is 18.5 Å². The number of hydrogen-bond donors (Lipinski definition) is 2. The molecule has 6 nitrogen and oxygen atoms in total. The Morgan fingerprint density at radius 1 is 1.25 bits per heavy atom. The normalized spacial score (nSPS) is 11.7. The standard InChI is InChI=1S/C14H11BrF3N5O/c15-8-2-1-3-9(6-8)24-5-4-19-11-10-12(21-7-20-10)23-13(22-11)14(16,17)18/h1-3,6-7H,4-5H2,(H2,19,20,21,22,23). The van der Waals surface area contributed by atoms with Crippen LogP contribution in [0.1, 0.15) is 5.82 Å². The zero-order chi connectivity index (χ0) is 17.2. The number of rotatable bonds is 5. The van der Waals surface area contributed by atoms with E-state index in [-0.39, 0.29) is 24.6 Å². The van der Waals surface area contributed by atoms with Crippen LogP contribution < -0.4 is 10.1 Å². The molecule has 1 aromatic carbocycles. The van der Waals surface area contributed by atoms with Crippen LogP contribution in [-0.4, -0.2) is 33.1 Å². The van der Waals surface area contributed by atoms with E-state index in [1.807, 2.05) is 12.1 Å². The van der Waals surface area contributed by atoms with Crippen molar-refractivity contribution in [3.63, 3.8) is 0 Å². The highest BCUT2D eigenvalue weighted by atomic mass is 79.9. The molecule has 3 aromatic rings. The fourth-order valence-corrected chi connectivity index (χ4v) is 2.36. The summed E-state index contributed by atoms with van der Waals surface area (Å²) in [5.41, 5.74) is 0.262. The van der Waals surface area contributed by atoms with Crippen molar-refractivity contribution in [3.8, 4) is 5.75 Å². The van der Waals surface area contributed by atoms with Crippen LogP contribution in [-0.2, 0) is 6.18 Å². The fraction of sp³-hybridized carbons (Fsp3) is 0.214. The molecule has 0 aliphatic heterocycles. The van der Waals surface area contributed by atoms with E-state index in [9.17, 15) is 13.2 Å². The average Bonchev–Trinajstić information content (AvgIpc) is 2.99. The van der Waals surface area contributed by atoms with Gasteiger partial charge in [0.25, 0.3) is 0 Å². The summed E-state index contributed by atoms with van der Waals surface area (Å²) in [6.07, 6.45) is -3.38. The molecule has 24 heavy (non-hydrogen) atoms. The SMILES string of the molecule is FC(F)(F)c1nc(NCCOc2cccc(Br)c2)c2[nH]cnc2n1. The van der Waals surface area contributed by atoms with Crippen molar-refractivity contribution in [1.29, 1.82) is 0 Å². The number of aromatic nitrogens is 4. The van der Waals surface area contributed by atoms with Crippen LogP contribution in [0.5, 0.6) is 5.75 Å². The number of anilines is 1. The van der Waals surface area contributed by atoms with Crippen molar-refractivity contribution in [2.24, 2.45) is 0 Å². The highest BCUT2D eigenvalue weighted by Gasteiger charge is 2.36. The van der Waals surface area contributed by atoms with Crippen molar-refractivity contribution < 1.29 is 17.9 Å². The van der Waals surface area contributed by atoms with Crippen molar-refractivity contribution in [1.82, 2.24) is 19.9 Å². The van der Waals surface area contributed by atoms with Crippen LogP contribution in [0.2, 0.25) is 0 Å². The molecule has 2 heterocycles. The van der Waals surface area contributed by atoms with Gasteiger partial charge >= 0.3 is 6.18 Å². The number of H-pyrrole nitrogens is 1. The molecule has 0 spiro atoms. The Hall–Kier alpha value is -2.36. The predicted octanol–water partition coefficient (Wildman–Crippen LogP) is 3.63. The molecule has 0 radical (unpaired) electrons. The first-order valence-corrected chi connectivity index (χ1v) is 7.63. The molecular weight excluding hydrogens is 391 g/mol. The first kappa shape index (κ1) is 16.5. The third-order valence-corrected chi connectivity index (χ3v) is 3.49. The smallest absolute Gasteiger partial charge is 0.451 e. The van der Waals surface area contributed by atoms with E-state index in [0.717, 1.165) is 4.47 Å². The van der Waals surface area contributed by atoms with Crippen LogP contribution in [0, 0.1) is 0 Å². The molecular formula is C14H11BrF3N5O. The number of aromatic amines is 1. The van der Waals surface area contributed by atoms with E-state index in [2.05, 4.69) is 41.2 Å². The highest BCUT2D eigenvalue weighted by molar-refractivity contribution is 9.10. The first-order chi connectivity index (χ1) is 11.4. The maximum Gasteiger partial charge on any atom is 0.451 e. The minimum Gasteiger partial charge on any atom is -0.492 e. The molecule has 0 saturated carbocycles. The lowest BCUT2D eigenvalue weighted by molar-refractivity contribution is -0.144. The predicted molar refractivity (Wildman–Crippen MR) is 84.8 cm³/mol. The summed E-state index contributed by atoms with van der Waals surface area (Å²) < 4.78 is 44.9. The van der Waals surface area contributed by atoms with Crippen LogP contribution >= 0.6 is 15.9 Å². The van der Waals surface area contributed by atoms with Gasteiger partial charge in [-0.3, -0.25) is 0 Å².